The number of aliphatic hydroxyl groups excluding tert-OH is 5. The molecule has 1 amide bonds. The molecule has 0 radical (unpaired) electrons. The van der Waals surface area contributed by atoms with E-state index in [1.54, 1.807) is 6.08 Å². The Labute approximate surface area is 497 Å². The van der Waals surface area contributed by atoms with Gasteiger partial charge in [0.2, 0.25) is 5.91 Å². The molecule has 11 heteroatoms. The van der Waals surface area contributed by atoms with Crippen LogP contribution >= 0.6 is 0 Å². The monoisotopic (exact) mass is 1140 g/mol. The molecule has 1 aliphatic rings. The van der Waals surface area contributed by atoms with Gasteiger partial charge in [0.15, 0.2) is 12.4 Å². The number of amides is 1. The molecule has 0 bridgehead atoms. The van der Waals surface area contributed by atoms with Gasteiger partial charge >= 0.3 is 5.97 Å². The van der Waals surface area contributed by atoms with Crippen LogP contribution < -0.4 is 5.32 Å². The first kappa shape index (κ1) is 76.4. The SMILES string of the molecule is CCCCC/C=C\C/C=C\C/C=C\C/C=C\CCCCCCCCCCCC(=O)OC1C(OCC(NC(=O)C(O)CCCCCCCCCCCCCCCCCC)C(O)/C=C/CCCCCCCCCCC)OC(CO)C(O)C1O. The van der Waals surface area contributed by atoms with Crippen molar-refractivity contribution in [1.29, 1.82) is 0 Å². The van der Waals surface area contributed by atoms with Crippen LogP contribution in [0.4, 0.5) is 0 Å². The summed E-state index contributed by atoms with van der Waals surface area (Å²) in [6, 6.07) is -1.02. The van der Waals surface area contributed by atoms with E-state index in [1.807, 2.05) is 6.08 Å². The van der Waals surface area contributed by atoms with Gasteiger partial charge in [0.25, 0.3) is 0 Å². The topological polar surface area (TPSA) is 175 Å². The van der Waals surface area contributed by atoms with Crippen molar-refractivity contribution in [1.82, 2.24) is 5.32 Å². The van der Waals surface area contributed by atoms with Crippen molar-refractivity contribution in [2.45, 2.75) is 359 Å². The average molecular weight is 1140 g/mol. The number of hydrogen-bond acceptors (Lipinski definition) is 10. The van der Waals surface area contributed by atoms with Crippen LogP contribution in [0.5, 0.6) is 0 Å². The van der Waals surface area contributed by atoms with Crippen LogP contribution in [0.3, 0.4) is 0 Å². The molecule has 1 aliphatic heterocycles. The van der Waals surface area contributed by atoms with Crippen molar-refractivity contribution in [3.8, 4) is 0 Å². The standard InChI is InChI=1S/C70H127NO10/c1-4-7-10-13-16-19-22-24-26-28-29-30-31-32-33-34-35-36-38-40-43-46-49-52-55-58-65(75)81-68-67(77)66(76)64(59-72)80-70(68)79-60-61(62(73)56-53-50-47-44-41-21-18-15-12-9-6-3)71-69(78)63(74)57-54-51-48-45-42-39-37-27-25-23-20-17-14-11-8-5-2/h16,19,24,26,29-30,32-33,53,56,61-64,66-68,70,72-74,76-77H,4-15,17-18,20-23,25,27-28,31,34-52,54-55,57-60H2,1-3H3,(H,71,78)/b19-16-,26-24-,30-29-,33-32-,56-53+. The van der Waals surface area contributed by atoms with E-state index in [1.165, 1.54) is 173 Å². The Hall–Kier alpha value is -2.64. The lowest BCUT2D eigenvalue weighted by molar-refractivity contribution is -0.305. The van der Waals surface area contributed by atoms with Crippen molar-refractivity contribution >= 4 is 11.9 Å². The number of ether oxygens (including phenoxy) is 3. The van der Waals surface area contributed by atoms with Crippen LogP contribution in [-0.4, -0.2) is 99.6 Å². The zero-order valence-electron chi connectivity index (χ0n) is 52.4. The second kappa shape index (κ2) is 57.8. The van der Waals surface area contributed by atoms with E-state index in [4.69, 9.17) is 14.2 Å². The second-order valence-electron chi connectivity index (χ2n) is 23.6. The minimum atomic E-state index is -1.62. The quantitative estimate of drug-likeness (QED) is 0.0195. The summed E-state index contributed by atoms with van der Waals surface area (Å²) in [5.41, 5.74) is 0. The summed E-state index contributed by atoms with van der Waals surface area (Å²) in [7, 11) is 0. The molecule has 0 aliphatic carbocycles. The minimum absolute atomic E-state index is 0.116. The van der Waals surface area contributed by atoms with Crippen LogP contribution in [0.15, 0.2) is 60.8 Å². The largest absolute Gasteiger partial charge is 0.454 e. The Balaban J connectivity index is 2.57. The molecular weight excluding hydrogens is 1010 g/mol. The van der Waals surface area contributed by atoms with Crippen molar-refractivity contribution in [3.05, 3.63) is 60.8 Å². The highest BCUT2D eigenvalue weighted by Crippen LogP contribution is 2.26. The molecule has 11 nitrogen and oxygen atoms in total. The number of rotatable bonds is 58. The fourth-order valence-electron chi connectivity index (χ4n) is 10.5. The maximum atomic E-state index is 13.4. The fourth-order valence-corrected chi connectivity index (χ4v) is 10.5. The van der Waals surface area contributed by atoms with Gasteiger partial charge in [-0.05, 0) is 70.6 Å². The molecule has 8 unspecified atom stereocenters. The first-order valence-corrected chi connectivity index (χ1v) is 34.1. The zero-order chi connectivity index (χ0) is 58.9. The van der Waals surface area contributed by atoms with E-state index in [-0.39, 0.29) is 13.0 Å². The van der Waals surface area contributed by atoms with E-state index in [9.17, 15) is 35.1 Å². The summed E-state index contributed by atoms with van der Waals surface area (Å²) in [5.74, 6) is -1.19. The van der Waals surface area contributed by atoms with Crippen LogP contribution in [0, 0.1) is 0 Å². The number of nitrogens with one attached hydrogen (secondary N) is 1. The summed E-state index contributed by atoms with van der Waals surface area (Å²) >= 11 is 0. The number of unbranched alkanes of at least 4 members (excludes halogenated alkanes) is 36. The average Bonchev–Trinajstić information content (AvgIpc) is 3.52. The first-order valence-electron chi connectivity index (χ1n) is 34.1. The Morgan fingerprint density at radius 3 is 1.30 bits per heavy atom. The summed E-state index contributed by atoms with van der Waals surface area (Å²) in [6.45, 7) is 5.78. The zero-order valence-corrected chi connectivity index (χ0v) is 52.4. The number of hydrogen-bond donors (Lipinski definition) is 6. The molecular formula is C70H127NO10. The molecule has 6 N–H and O–H groups in total. The van der Waals surface area contributed by atoms with Gasteiger partial charge in [-0.1, -0.05) is 293 Å². The maximum absolute atomic E-state index is 13.4. The highest BCUT2D eigenvalue weighted by molar-refractivity contribution is 5.80. The third kappa shape index (κ3) is 45.4. The Morgan fingerprint density at radius 2 is 0.852 bits per heavy atom. The summed E-state index contributed by atoms with van der Waals surface area (Å²) in [4.78, 5) is 26.6. The predicted molar refractivity (Wildman–Crippen MR) is 338 cm³/mol. The van der Waals surface area contributed by atoms with E-state index in [0.29, 0.717) is 19.3 Å². The molecule has 0 saturated carbocycles. The molecule has 0 spiro atoms. The lowest BCUT2D eigenvalue weighted by Crippen LogP contribution is -2.61. The number of allylic oxidation sites excluding steroid dienone is 9. The highest BCUT2D eigenvalue weighted by Gasteiger charge is 2.47. The van der Waals surface area contributed by atoms with Gasteiger partial charge in [0, 0.05) is 6.42 Å². The molecule has 1 fully saturated rings. The van der Waals surface area contributed by atoms with Crippen molar-refractivity contribution in [3.63, 3.8) is 0 Å². The molecule has 0 aromatic carbocycles. The van der Waals surface area contributed by atoms with Gasteiger partial charge in [0.05, 0.1) is 25.4 Å². The molecule has 8 atom stereocenters. The molecule has 472 valence electrons. The Bertz CT molecular complexity index is 1550. The van der Waals surface area contributed by atoms with Crippen LogP contribution in [-0.2, 0) is 23.8 Å². The minimum Gasteiger partial charge on any atom is -0.454 e. The van der Waals surface area contributed by atoms with Crippen molar-refractivity contribution < 1.29 is 49.3 Å². The smallest absolute Gasteiger partial charge is 0.306 e. The molecule has 0 aromatic rings. The summed E-state index contributed by atoms with van der Waals surface area (Å²) in [6.07, 6.45) is 62.6. The van der Waals surface area contributed by atoms with E-state index in [2.05, 4.69) is 74.7 Å². The fraction of sp³-hybridized carbons (Fsp3) is 0.829. The Morgan fingerprint density at radius 1 is 0.481 bits per heavy atom. The second-order valence-corrected chi connectivity index (χ2v) is 23.6. The number of esters is 1. The molecule has 1 heterocycles. The van der Waals surface area contributed by atoms with Crippen LogP contribution in [0.2, 0.25) is 0 Å². The molecule has 1 saturated heterocycles. The van der Waals surface area contributed by atoms with Crippen molar-refractivity contribution in [2.24, 2.45) is 0 Å². The van der Waals surface area contributed by atoms with Crippen LogP contribution in [0.1, 0.15) is 310 Å². The van der Waals surface area contributed by atoms with Gasteiger partial charge in [-0.2, -0.15) is 0 Å². The van der Waals surface area contributed by atoms with E-state index >= 15 is 0 Å². The molecule has 1 rings (SSSR count). The van der Waals surface area contributed by atoms with E-state index < -0.39 is 67.4 Å². The lowest BCUT2D eigenvalue weighted by Gasteiger charge is -2.41. The van der Waals surface area contributed by atoms with E-state index in [0.717, 1.165) is 89.9 Å². The predicted octanol–water partition coefficient (Wildman–Crippen LogP) is 17.0. The van der Waals surface area contributed by atoms with Gasteiger partial charge < -0.3 is 45.1 Å². The number of aliphatic hydroxyl groups is 5. The number of carbonyl (C=O) groups excluding carboxylic acids is 2. The molecule has 0 aromatic heterocycles. The van der Waals surface area contributed by atoms with Gasteiger partial charge in [0.1, 0.15) is 24.4 Å². The first-order chi connectivity index (χ1) is 39.7. The van der Waals surface area contributed by atoms with Crippen molar-refractivity contribution in [2.75, 3.05) is 13.2 Å². The van der Waals surface area contributed by atoms with Gasteiger partial charge in [-0.3, -0.25) is 9.59 Å². The number of carbonyl (C=O) groups is 2. The third-order valence-corrected chi connectivity index (χ3v) is 15.9. The Kier molecular flexibility index (Phi) is 54.5. The summed E-state index contributed by atoms with van der Waals surface area (Å²) < 4.78 is 17.7. The lowest BCUT2D eigenvalue weighted by atomic mass is 9.99. The maximum Gasteiger partial charge on any atom is 0.306 e. The molecule has 81 heavy (non-hydrogen) atoms. The summed E-state index contributed by atoms with van der Waals surface area (Å²) in [5, 5.41) is 57.1. The normalized spacial score (nSPS) is 19.0. The van der Waals surface area contributed by atoms with Crippen LogP contribution in [0.25, 0.3) is 0 Å². The van der Waals surface area contributed by atoms with Gasteiger partial charge in [-0.25, -0.2) is 0 Å². The third-order valence-electron chi connectivity index (χ3n) is 15.9. The highest BCUT2D eigenvalue weighted by atomic mass is 16.7. The van der Waals surface area contributed by atoms with Gasteiger partial charge in [-0.15, -0.1) is 0 Å².